The van der Waals surface area contributed by atoms with E-state index in [1.165, 1.54) is 10.9 Å². The quantitative estimate of drug-likeness (QED) is 0.377. The fourth-order valence-corrected chi connectivity index (χ4v) is 2.69. The van der Waals surface area contributed by atoms with Crippen molar-refractivity contribution in [3.05, 3.63) is 16.7 Å². The van der Waals surface area contributed by atoms with Crippen molar-refractivity contribution >= 4 is 25.4 Å². The van der Waals surface area contributed by atoms with Crippen LogP contribution in [0.1, 0.15) is 6.23 Å². The standard InChI is InChI=1S/C10H14N5O7P/c11-10-13-7-4(8(18)14-10)12-2-15(7)9-6(17)5(16)3(22-9)1-21-23(19)20/h2-3,5-6,9,16-17,23H,1H2,(H,19,20)(H3,11,13,14,18)/t3-,5-,6-,9-/m1/s1. The molecule has 1 fully saturated rings. The van der Waals surface area contributed by atoms with Crippen LogP contribution in [0, 0.1) is 0 Å². The summed E-state index contributed by atoms with van der Waals surface area (Å²) in [5.41, 5.74) is 4.98. The summed E-state index contributed by atoms with van der Waals surface area (Å²) in [6.07, 6.45) is -3.68. The average molecular weight is 347 g/mol. The first kappa shape index (κ1) is 16.1. The first-order valence-corrected chi connectivity index (χ1v) is 7.74. The first-order valence-electron chi connectivity index (χ1n) is 6.48. The zero-order valence-electron chi connectivity index (χ0n) is 11.5. The first-order chi connectivity index (χ1) is 10.9. The minimum absolute atomic E-state index is 0.00963. The third-order valence-electron chi connectivity index (χ3n) is 3.43. The van der Waals surface area contributed by atoms with Crippen molar-refractivity contribution in [2.24, 2.45) is 0 Å². The molecule has 1 aliphatic rings. The molecule has 13 heteroatoms. The second-order valence-corrected chi connectivity index (χ2v) is 5.72. The van der Waals surface area contributed by atoms with E-state index in [9.17, 15) is 19.6 Å². The second kappa shape index (κ2) is 6.00. The molecule has 0 radical (unpaired) electrons. The highest BCUT2D eigenvalue weighted by Crippen LogP contribution is 2.32. The number of nitrogen functional groups attached to an aromatic ring is 1. The van der Waals surface area contributed by atoms with E-state index in [0.29, 0.717) is 0 Å². The Labute approximate surface area is 128 Å². The molecule has 0 aromatic carbocycles. The van der Waals surface area contributed by atoms with Gasteiger partial charge in [-0.3, -0.25) is 18.9 Å². The van der Waals surface area contributed by atoms with Crippen LogP contribution in [0.25, 0.3) is 11.2 Å². The number of aliphatic hydroxyl groups excluding tert-OH is 2. The van der Waals surface area contributed by atoms with Crippen LogP contribution >= 0.6 is 8.25 Å². The molecule has 1 saturated heterocycles. The maximum atomic E-state index is 11.7. The van der Waals surface area contributed by atoms with Gasteiger partial charge >= 0.3 is 8.25 Å². The number of anilines is 1. The molecular weight excluding hydrogens is 333 g/mol. The molecule has 3 heterocycles. The Balaban J connectivity index is 1.93. The number of nitrogens with one attached hydrogen (secondary N) is 1. The molecule has 1 aliphatic heterocycles. The van der Waals surface area contributed by atoms with E-state index in [0.717, 1.165) is 0 Å². The lowest BCUT2D eigenvalue weighted by Gasteiger charge is -2.16. The van der Waals surface area contributed by atoms with Crippen LogP contribution in [0.5, 0.6) is 0 Å². The summed E-state index contributed by atoms with van der Waals surface area (Å²) in [6, 6.07) is 0. The molecule has 0 bridgehead atoms. The Morgan fingerprint density at radius 2 is 2.22 bits per heavy atom. The van der Waals surface area contributed by atoms with Crippen LogP contribution in [-0.2, 0) is 13.8 Å². The van der Waals surface area contributed by atoms with Gasteiger partial charge < -0.3 is 30.1 Å². The van der Waals surface area contributed by atoms with Gasteiger partial charge in [-0.2, -0.15) is 4.98 Å². The van der Waals surface area contributed by atoms with Crippen LogP contribution in [-0.4, -0.2) is 59.5 Å². The summed E-state index contributed by atoms with van der Waals surface area (Å²) in [4.78, 5) is 30.5. The van der Waals surface area contributed by atoms with Crippen LogP contribution in [0.15, 0.2) is 11.1 Å². The Bertz CT molecular complexity index is 806. The number of hydrogen-bond donors (Lipinski definition) is 5. The van der Waals surface area contributed by atoms with Gasteiger partial charge in [0.1, 0.15) is 18.3 Å². The Hall–Kier alpha value is -1.82. The highest BCUT2D eigenvalue weighted by Gasteiger charge is 2.44. The molecule has 3 rings (SSSR count). The van der Waals surface area contributed by atoms with Gasteiger partial charge in [0.2, 0.25) is 5.95 Å². The minimum Gasteiger partial charge on any atom is -0.387 e. The lowest BCUT2D eigenvalue weighted by molar-refractivity contribution is -0.0476. The summed E-state index contributed by atoms with van der Waals surface area (Å²) in [6.45, 7) is -0.383. The van der Waals surface area contributed by atoms with Crippen LogP contribution in [0.3, 0.4) is 0 Å². The van der Waals surface area contributed by atoms with E-state index in [-0.39, 0.29) is 23.7 Å². The largest absolute Gasteiger partial charge is 0.387 e. The van der Waals surface area contributed by atoms with E-state index in [4.69, 9.17) is 15.4 Å². The van der Waals surface area contributed by atoms with Gasteiger partial charge in [-0.25, -0.2) is 4.98 Å². The lowest BCUT2D eigenvalue weighted by atomic mass is 10.1. The van der Waals surface area contributed by atoms with Crippen LogP contribution in [0.2, 0.25) is 0 Å². The topological polar surface area (TPSA) is 186 Å². The van der Waals surface area contributed by atoms with Crippen molar-refractivity contribution in [2.75, 3.05) is 12.3 Å². The molecular formula is C10H14N5O7P. The predicted molar refractivity (Wildman–Crippen MR) is 75.7 cm³/mol. The number of nitrogens with two attached hydrogens (primary N) is 1. The molecule has 1 unspecified atom stereocenters. The Morgan fingerprint density at radius 1 is 1.48 bits per heavy atom. The van der Waals surface area contributed by atoms with E-state index < -0.39 is 38.4 Å². The molecule has 0 spiro atoms. The molecule has 6 N–H and O–H groups in total. The number of ether oxygens (including phenoxy) is 1. The van der Waals surface area contributed by atoms with Crippen molar-refractivity contribution < 1.29 is 28.9 Å². The summed E-state index contributed by atoms with van der Waals surface area (Å²) < 4.78 is 21.8. The molecule has 2 aromatic heterocycles. The number of rotatable bonds is 4. The normalized spacial score (nSPS) is 29.2. The number of aliphatic hydroxyl groups is 2. The highest BCUT2D eigenvalue weighted by molar-refractivity contribution is 7.32. The summed E-state index contributed by atoms with van der Waals surface area (Å²) in [5, 5.41) is 20.1. The third-order valence-corrected chi connectivity index (χ3v) is 3.85. The molecule has 5 atom stereocenters. The van der Waals surface area contributed by atoms with Gasteiger partial charge in [-0.05, 0) is 0 Å². The number of aromatic nitrogens is 4. The minimum atomic E-state index is -3.19. The molecule has 0 amide bonds. The maximum absolute atomic E-state index is 11.7. The number of imidazole rings is 1. The van der Waals surface area contributed by atoms with Crippen molar-refractivity contribution in [3.63, 3.8) is 0 Å². The maximum Gasteiger partial charge on any atom is 0.316 e. The second-order valence-electron chi connectivity index (χ2n) is 4.90. The van der Waals surface area contributed by atoms with Crippen LogP contribution < -0.4 is 11.3 Å². The summed E-state index contributed by atoms with van der Waals surface area (Å²) in [5.74, 6) is -0.143. The smallest absolute Gasteiger partial charge is 0.316 e. The average Bonchev–Trinajstić information content (AvgIpc) is 3.00. The number of H-pyrrole nitrogens is 1. The fraction of sp³-hybridized carbons (Fsp3) is 0.500. The number of hydrogen-bond acceptors (Lipinski definition) is 9. The van der Waals surface area contributed by atoms with Gasteiger partial charge in [0, 0.05) is 0 Å². The SMILES string of the molecule is Nc1nc2c(ncn2[C@@H]2O[C@H](CO[PH](=O)O)[C@@H](O)[C@H]2O)c(=O)[nH]1. The van der Waals surface area contributed by atoms with Crippen molar-refractivity contribution in [1.29, 1.82) is 0 Å². The zero-order chi connectivity index (χ0) is 16.7. The van der Waals surface area contributed by atoms with Crippen molar-refractivity contribution in [3.8, 4) is 0 Å². The zero-order valence-corrected chi connectivity index (χ0v) is 12.5. The van der Waals surface area contributed by atoms with E-state index in [1.54, 1.807) is 0 Å². The van der Waals surface area contributed by atoms with E-state index >= 15 is 0 Å². The van der Waals surface area contributed by atoms with E-state index in [2.05, 4.69) is 19.5 Å². The fourth-order valence-electron chi connectivity index (χ4n) is 2.38. The molecule has 23 heavy (non-hydrogen) atoms. The summed E-state index contributed by atoms with van der Waals surface area (Å²) in [7, 11) is -3.19. The number of nitrogens with zero attached hydrogens (tertiary/aromatic N) is 3. The van der Waals surface area contributed by atoms with Gasteiger partial charge in [0.15, 0.2) is 17.4 Å². The Kier molecular flexibility index (Phi) is 4.19. The van der Waals surface area contributed by atoms with Crippen molar-refractivity contribution in [1.82, 2.24) is 19.5 Å². The number of fused-ring (bicyclic) bond motifs is 1. The summed E-state index contributed by atoms with van der Waals surface area (Å²) >= 11 is 0. The molecule has 12 nitrogen and oxygen atoms in total. The van der Waals surface area contributed by atoms with Gasteiger partial charge in [0.05, 0.1) is 12.9 Å². The van der Waals surface area contributed by atoms with Gasteiger partial charge in [-0.15, -0.1) is 0 Å². The highest BCUT2D eigenvalue weighted by atomic mass is 31.1. The predicted octanol–water partition coefficient (Wildman–Crippen LogP) is -2.28. The molecule has 0 aliphatic carbocycles. The van der Waals surface area contributed by atoms with Gasteiger partial charge in [-0.1, -0.05) is 0 Å². The molecule has 2 aromatic rings. The molecule has 126 valence electrons. The van der Waals surface area contributed by atoms with Gasteiger partial charge in [0.25, 0.3) is 5.56 Å². The van der Waals surface area contributed by atoms with Crippen LogP contribution in [0.4, 0.5) is 5.95 Å². The Morgan fingerprint density at radius 3 is 2.91 bits per heavy atom. The van der Waals surface area contributed by atoms with E-state index in [1.807, 2.05) is 0 Å². The monoisotopic (exact) mass is 347 g/mol. The van der Waals surface area contributed by atoms with Crippen molar-refractivity contribution in [2.45, 2.75) is 24.5 Å². The third kappa shape index (κ3) is 2.87. The lowest BCUT2D eigenvalue weighted by Crippen LogP contribution is -2.33. The number of aromatic amines is 1. The molecule has 0 saturated carbocycles.